The molecule has 0 saturated heterocycles. The van der Waals surface area contributed by atoms with Gasteiger partial charge in [0.05, 0.1) is 32.7 Å². The Kier molecular flexibility index (Phi) is 5.92. The van der Waals surface area contributed by atoms with Crippen molar-refractivity contribution >= 4 is 28.8 Å². The second-order valence-electron chi connectivity index (χ2n) is 8.04. The number of aldehydes is 1. The van der Waals surface area contributed by atoms with Crippen LogP contribution in [0, 0.1) is 0 Å². The molecule has 0 fully saturated rings. The fourth-order valence-corrected chi connectivity index (χ4v) is 4.49. The summed E-state index contributed by atoms with van der Waals surface area (Å²) in [4.78, 5) is 18.0. The maximum Gasteiger partial charge on any atom is 0.203 e. The highest BCUT2D eigenvalue weighted by molar-refractivity contribution is 5.95. The third-order valence-corrected chi connectivity index (χ3v) is 6.12. The van der Waals surface area contributed by atoms with E-state index in [2.05, 4.69) is 10.3 Å². The lowest BCUT2D eigenvalue weighted by Gasteiger charge is -2.21. The summed E-state index contributed by atoms with van der Waals surface area (Å²) in [6.45, 7) is 1.03. The van der Waals surface area contributed by atoms with Gasteiger partial charge in [0.25, 0.3) is 0 Å². The van der Waals surface area contributed by atoms with Gasteiger partial charge in [0.2, 0.25) is 5.75 Å². The van der Waals surface area contributed by atoms with E-state index in [1.807, 2.05) is 47.4 Å². The normalized spacial score (nSPS) is 14.5. The smallest absolute Gasteiger partial charge is 0.203 e. The largest absolute Gasteiger partial charge is 0.493 e. The number of aromatic nitrogens is 1. The molecular weight excluding hydrogens is 448 g/mol. The molecule has 3 heterocycles. The predicted octanol–water partition coefficient (Wildman–Crippen LogP) is 3.90. The summed E-state index contributed by atoms with van der Waals surface area (Å²) in [5.41, 5.74) is 11.5. The zero-order valence-corrected chi connectivity index (χ0v) is 19.7. The zero-order valence-electron chi connectivity index (χ0n) is 19.7. The fraction of sp³-hybridized carbons (Fsp3) is 0.231. The summed E-state index contributed by atoms with van der Waals surface area (Å²) >= 11 is 0. The van der Waals surface area contributed by atoms with Crippen LogP contribution in [0.4, 0.5) is 11.4 Å². The minimum Gasteiger partial charge on any atom is -0.493 e. The molecular formula is C26H26N4O5. The number of carbonyl (C=O) groups is 1. The van der Waals surface area contributed by atoms with E-state index >= 15 is 0 Å². The van der Waals surface area contributed by atoms with Crippen LogP contribution in [0.15, 0.2) is 53.1 Å². The number of rotatable bonds is 8. The summed E-state index contributed by atoms with van der Waals surface area (Å²) in [7, 11) is 4.71. The molecule has 3 N–H and O–H groups in total. The molecule has 9 nitrogen and oxygen atoms in total. The van der Waals surface area contributed by atoms with Crippen LogP contribution in [-0.2, 0) is 4.79 Å². The van der Waals surface area contributed by atoms with Crippen molar-refractivity contribution in [2.45, 2.75) is 6.17 Å². The number of ether oxygens (including phenoxy) is 3. The van der Waals surface area contributed by atoms with Gasteiger partial charge in [0.15, 0.2) is 29.5 Å². The number of nitrogens with two attached hydrogens (primary N) is 1. The average Bonchev–Trinajstić information content (AvgIpc) is 3.49. The standard InChI is InChI=1S/C26H26N4O5/c1-32-22-11-16(12-23(33-2)26(22)34-3)21-13-19-25(35-21)17(6-8-28-19)15-4-5-20-18(10-15)29-24(14-31)30(20)9-7-27/h4-6,8,10-14,24,29H,7,9,27H2,1-3H3. The average molecular weight is 475 g/mol. The van der Waals surface area contributed by atoms with Crippen LogP contribution in [0.2, 0.25) is 0 Å². The zero-order chi connectivity index (χ0) is 24.5. The van der Waals surface area contributed by atoms with E-state index in [1.165, 1.54) is 0 Å². The Morgan fingerprint density at radius 1 is 1.06 bits per heavy atom. The number of anilines is 2. The third kappa shape index (κ3) is 3.79. The van der Waals surface area contributed by atoms with Gasteiger partial charge in [-0.05, 0) is 35.9 Å². The van der Waals surface area contributed by atoms with E-state index < -0.39 is 6.17 Å². The molecule has 9 heteroatoms. The SMILES string of the molecule is COc1cc(-c2cc3nccc(-c4ccc5c(c4)NC(C=O)N5CCN)c3o2)cc(OC)c1OC. The third-order valence-electron chi connectivity index (χ3n) is 6.12. The van der Waals surface area contributed by atoms with Crippen LogP contribution in [0.5, 0.6) is 17.2 Å². The molecule has 0 amide bonds. The molecule has 1 aliphatic heterocycles. The molecule has 0 saturated carbocycles. The number of carbonyl (C=O) groups excluding carboxylic acids is 1. The molecule has 2 aromatic heterocycles. The second kappa shape index (κ2) is 9.19. The fourth-order valence-electron chi connectivity index (χ4n) is 4.49. The van der Waals surface area contributed by atoms with Gasteiger partial charge in [-0.1, -0.05) is 6.07 Å². The van der Waals surface area contributed by atoms with Gasteiger partial charge in [-0.25, -0.2) is 0 Å². The van der Waals surface area contributed by atoms with Crippen LogP contribution in [0.1, 0.15) is 0 Å². The number of hydrogen-bond acceptors (Lipinski definition) is 9. The molecule has 1 atom stereocenters. The molecule has 1 unspecified atom stereocenters. The van der Waals surface area contributed by atoms with Gasteiger partial charge in [0.1, 0.15) is 11.3 Å². The van der Waals surface area contributed by atoms with Crippen molar-refractivity contribution < 1.29 is 23.4 Å². The van der Waals surface area contributed by atoms with Crippen molar-refractivity contribution in [2.75, 3.05) is 44.6 Å². The van der Waals surface area contributed by atoms with Crippen LogP contribution in [0.25, 0.3) is 33.6 Å². The van der Waals surface area contributed by atoms with Crippen LogP contribution in [-0.4, -0.2) is 51.9 Å². The van der Waals surface area contributed by atoms with Gasteiger partial charge in [-0.3, -0.25) is 9.78 Å². The number of pyridine rings is 1. The molecule has 0 bridgehead atoms. The first-order valence-corrected chi connectivity index (χ1v) is 11.1. The summed E-state index contributed by atoms with van der Waals surface area (Å²) in [6.07, 6.45) is 2.20. The van der Waals surface area contributed by atoms with Crippen molar-refractivity contribution in [1.29, 1.82) is 0 Å². The first-order valence-electron chi connectivity index (χ1n) is 11.1. The molecule has 0 spiro atoms. The molecule has 35 heavy (non-hydrogen) atoms. The highest BCUT2D eigenvalue weighted by Gasteiger charge is 2.28. The van der Waals surface area contributed by atoms with Gasteiger partial charge < -0.3 is 34.6 Å². The van der Waals surface area contributed by atoms with Crippen LogP contribution >= 0.6 is 0 Å². The van der Waals surface area contributed by atoms with E-state index in [1.54, 1.807) is 27.5 Å². The van der Waals surface area contributed by atoms with Crippen molar-refractivity contribution in [1.82, 2.24) is 4.98 Å². The lowest BCUT2D eigenvalue weighted by Crippen LogP contribution is -2.40. The monoisotopic (exact) mass is 474 g/mol. The van der Waals surface area contributed by atoms with Gasteiger partial charge in [-0.2, -0.15) is 0 Å². The topological polar surface area (TPSA) is 112 Å². The Morgan fingerprint density at radius 3 is 2.49 bits per heavy atom. The molecule has 5 rings (SSSR count). The number of nitrogens with one attached hydrogen (secondary N) is 1. The van der Waals surface area contributed by atoms with Gasteiger partial charge in [0, 0.05) is 36.5 Å². The van der Waals surface area contributed by atoms with Crippen molar-refractivity contribution in [3.63, 3.8) is 0 Å². The van der Waals surface area contributed by atoms with Crippen molar-refractivity contribution in [2.24, 2.45) is 5.73 Å². The minimum absolute atomic E-state index is 0.434. The van der Waals surface area contributed by atoms with E-state index in [0.717, 1.165) is 39.9 Å². The first kappa shape index (κ1) is 22.5. The van der Waals surface area contributed by atoms with E-state index in [-0.39, 0.29) is 0 Å². The maximum absolute atomic E-state index is 11.6. The number of methoxy groups -OCH3 is 3. The van der Waals surface area contributed by atoms with Crippen molar-refractivity contribution in [3.8, 4) is 39.7 Å². The maximum atomic E-state index is 11.6. The Bertz CT molecular complexity index is 1380. The number of furan rings is 1. The molecule has 180 valence electrons. The number of nitrogens with zero attached hydrogens (tertiary/aromatic N) is 2. The van der Waals surface area contributed by atoms with E-state index in [0.29, 0.717) is 41.7 Å². The van der Waals surface area contributed by atoms with E-state index in [4.69, 9.17) is 24.4 Å². The Morgan fingerprint density at radius 2 is 1.83 bits per heavy atom. The predicted molar refractivity (Wildman–Crippen MR) is 134 cm³/mol. The molecule has 1 aliphatic rings. The second-order valence-corrected chi connectivity index (χ2v) is 8.04. The highest BCUT2D eigenvalue weighted by Crippen LogP contribution is 2.43. The first-order chi connectivity index (χ1) is 17.1. The van der Waals surface area contributed by atoms with Crippen molar-refractivity contribution in [3.05, 3.63) is 48.7 Å². The Balaban J connectivity index is 1.58. The quantitative estimate of drug-likeness (QED) is 0.367. The molecule has 2 aromatic carbocycles. The number of benzene rings is 2. The lowest BCUT2D eigenvalue weighted by molar-refractivity contribution is -0.108. The van der Waals surface area contributed by atoms with E-state index in [9.17, 15) is 4.79 Å². The summed E-state index contributed by atoms with van der Waals surface area (Å²) in [6, 6.07) is 13.5. The summed E-state index contributed by atoms with van der Waals surface area (Å²) < 4.78 is 22.7. The van der Waals surface area contributed by atoms with Gasteiger partial charge >= 0.3 is 0 Å². The number of hydrogen-bond donors (Lipinski definition) is 2. The highest BCUT2D eigenvalue weighted by atomic mass is 16.5. The Hall–Kier alpha value is -4.24. The minimum atomic E-state index is -0.434. The molecule has 4 aromatic rings. The molecule has 0 radical (unpaired) electrons. The lowest BCUT2D eigenvalue weighted by atomic mass is 10.0. The van der Waals surface area contributed by atoms with Crippen LogP contribution in [0.3, 0.4) is 0 Å². The molecule has 0 aliphatic carbocycles. The summed E-state index contributed by atoms with van der Waals surface area (Å²) in [5, 5.41) is 3.26. The van der Waals surface area contributed by atoms with Gasteiger partial charge in [-0.15, -0.1) is 0 Å². The number of fused-ring (bicyclic) bond motifs is 2. The summed E-state index contributed by atoms with van der Waals surface area (Å²) in [5.74, 6) is 2.20. The van der Waals surface area contributed by atoms with Crippen LogP contribution < -0.4 is 30.2 Å². The Labute approximate surface area is 202 Å².